The number of esters is 1. The number of nitriles is 1. The van der Waals surface area contributed by atoms with Gasteiger partial charge >= 0.3 is 5.97 Å². The second kappa shape index (κ2) is 7.41. The summed E-state index contributed by atoms with van der Waals surface area (Å²) >= 11 is 0. The van der Waals surface area contributed by atoms with Crippen LogP contribution in [-0.2, 0) is 14.3 Å². The van der Waals surface area contributed by atoms with E-state index in [1.807, 2.05) is 0 Å². The molecule has 0 bridgehead atoms. The highest BCUT2D eigenvalue weighted by atomic mass is 16.7. The van der Waals surface area contributed by atoms with Crippen LogP contribution in [0.1, 0.15) is 39.5 Å². The Morgan fingerprint density at radius 2 is 2.23 bits per heavy atom. The Kier molecular flexibility index (Phi) is 6.70. The van der Waals surface area contributed by atoms with Crippen LogP contribution in [-0.4, -0.2) is 12.3 Å². The van der Waals surface area contributed by atoms with Gasteiger partial charge in [0.15, 0.2) is 0 Å². The number of nitrogens with zero attached hydrogens (tertiary/aromatic N) is 1. The van der Waals surface area contributed by atoms with E-state index < -0.39 is 6.29 Å². The standard InChI is InChI=1S/C9H15NO3/c1-3-4-5-6-9(11)13-8(2)12-7-10/h8H,3-6H2,1-2H3. The maximum atomic E-state index is 11.0. The van der Waals surface area contributed by atoms with E-state index >= 15 is 0 Å². The van der Waals surface area contributed by atoms with Crippen LogP contribution in [0.25, 0.3) is 0 Å². The third-order valence-corrected chi connectivity index (χ3v) is 1.50. The minimum atomic E-state index is -0.765. The van der Waals surface area contributed by atoms with Gasteiger partial charge in [-0.15, -0.1) is 0 Å². The van der Waals surface area contributed by atoms with Crippen molar-refractivity contribution in [3.63, 3.8) is 0 Å². The highest BCUT2D eigenvalue weighted by molar-refractivity contribution is 5.69. The first-order valence-corrected chi connectivity index (χ1v) is 4.45. The molecule has 4 nitrogen and oxygen atoms in total. The van der Waals surface area contributed by atoms with E-state index in [-0.39, 0.29) is 5.97 Å². The van der Waals surface area contributed by atoms with Crippen LogP contribution in [0.2, 0.25) is 0 Å². The lowest BCUT2D eigenvalue weighted by Crippen LogP contribution is -2.15. The van der Waals surface area contributed by atoms with Gasteiger partial charge < -0.3 is 9.47 Å². The van der Waals surface area contributed by atoms with Crippen molar-refractivity contribution in [2.45, 2.75) is 45.8 Å². The van der Waals surface area contributed by atoms with Gasteiger partial charge in [-0.05, 0) is 6.42 Å². The summed E-state index contributed by atoms with van der Waals surface area (Å²) in [7, 11) is 0. The molecule has 0 saturated heterocycles. The first-order valence-electron chi connectivity index (χ1n) is 4.45. The van der Waals surface area contributed by atoms with E-state index in [1.165, 1.54) is 13.2 Å². The van der Waals surface area contributed by atoms with Gasteiger partial charge in [0.1, 0.15) is 0 Å². The fourth-order valence-electron chi connectivity index (χ4n) is 0.862. The average Bonchev–Trinajstić information content (AvgIpc) is 2.05. The summed E-state index contributed by atoms with van der Waals surface area (Å²) in [4.78, 5) is 11.0. The summed E-state index contributed by atoms with van der Waals surface area (Å²) in [6, 6.07) is 0. The fraction of sp³-hybridized carbons (Fsp3) is 0.778. The lowest BCUT2D eigenvalue weighted by Gasteiger charge is -2.08. The number of hydrogen-bond donors (Lipinski definition) is 0. The van der Waals surface area contributed by atoms with Gasteiger partial charge in [0.05, 0.1) is 0 Å². The molecule has 0 radical (unpaired) electrons. The summed E-state index contributed by atoms with van der Waals surface area (Å²) in [5.74, 6) is -0.309. The third kappa shape index (κ3) is 7.13. The number of unbranched alkanes of at least 4 members (excludes halogenated alkanes) is 2. The fourth-order valence-corrected chi connectivity index (χ4v) is 0.862. The summed E-state index contributed by atoms with van der Waals surface area (Å²) in [6.07, 6.45) is 4.01. The SMILES string of the molecule is CCCCCC(=O)OC(C)OC#N. The molecule has 0 aliphatic carbocycles. The molecular formula is C9H15NO3. The lowest BCUT2D eigenvalue weighted by atomic mass is 10.2. The molecule has 74 valence electrons. The lowest BCUT2D eigenvalue weighted by molar-refractivity contribution is -0.164. The molecule has 0 amide bonds. The molecule has 13 heavy (non-hydrogen) atoms. The average molecular weight is 185 g/mol. The summed E-state index contributed by atoms with van der Waals surface area (Å²) < 4.78 is 9.13. The van der Waals surface area contributed by atoms with E-state index in [0.29, 0.717) is 6.42 Å². The van der Waals surface area contributed by atoms with Gasteiger partial charge in [0, 0.05) is 13.3 Å². The number of rotatable bonds is 6. The predicted molar refractivity (Wildman–Crippen MR) is 46.4 cm³/mol. The summed E-state index contributed by atoms with van der Waals surface area (Å²) in [6.45, 7) is 3.58. The molecule has 0 aromatic carbocycles. The quantitative estimate of drug-likeness (QED) is 0.274. The molecule has 0 spiro atoms. The molecule has 0 rings (SSSR count). The molecule has 1 unspecified atom stereocenters. The smallest absolute Gasteiger partial charge is 0.308 e. The van der Waals surface area contributed by atoms with Crippen molar-refractivity contribution in [3.05, 3.63) is 0 Å². The molecule has 0 heterocycles. The number of hydrogen-bond acceptors (Lipinski definition) is 4. The normalized spacial score (nSPS) is 11.5. The van der Waals surface area contributed by atoms with Gasteiger partial charge in [-0.2, -0.15) is 5.26 Å². The number of carbonyl (C=O) groups is 1. The number of ether oxygens (including phenoxy) is 2. The summed E-state index contributed by atoms with van der Waals surface area (Å²) in [5.41, 5.74) is 0. The minimum absolute atomic E-state index is 0.309. The zero-order chi connectivity index (χ0) is 10.1. The van der Waals surface area contributed by atoms with Crippen molar-refractivity contribution in [2.75, 3.05) is 0 Å². The van der Waals surface area contributed by atoms with Crippen molar-refractivity contribution in [2.24, 2.45) is 0 Å². The summed E-state index contributed by atoms with van der Waals surface area (Å²) in [5, 5.41) is 8.10. The molecule has 0 aromatic rings. The van der Waals surface area contributed by atoms with Crippen LogP contribution in [0.5, 0.6) is 0 Å². The monoisotopic (exact) mass is 185 g/mol. The van der Waals surface area contributed by atoms with Gasteiger partial charge in [-0.3, -0.25) is 4.79 Å². The first kappa shape index (κ1) is 11.8. The van der Waals surface area contributed by atoms with Gasteiger partial charge in [-0.25, -0.2) is 0 Å². The van der Waals surface area contributed by atoms with Crippen molar-refractivity contribution in [1.82, 2.24) is 0 Å². The molecular weight excluding hydrogens is 170 g/mol. The third-order valence-electron chi connectivity index (χ3n) is 1.50. The maximum absolute atomic E-state index is 11.0. The molecule has 0 aliphatic rings. The predicted octanol–water partition coefficient (Wildman–Crippen LogP) is 1.95. The molecule has 1 atom stereocenters. The second-order valence-corrected chi connectivity index (χ2v) is 2.72. The zero-order valence-electron chi connectivity index (χ0n) is 8.08. The molecule has 0 N–H and O–H groups in total. The van der Waals surface area contributed by atoms with Gasteiger partial charge in [0.25, 0.3) is 12.5 Å². The highest BCUT2D eigenvalue weighted by Crippen LogP contribution is 2.02. The van der Waals surface area contributed by atoms with Crippen molar-refractivity contribution in [1.29, 1.82) is 5.26 Å². The molecule has 4 heteroatoms. The van der Waals surface area contributed by atoms with Gasteiger partial charge in [0.2, 0.25) is 0 Å². The Balaban J connectivity index is 3.45. The van der Waals surface area contributed by atoms with Crippen molar-refractivity contribution < 1.29 is 14.3 Å². The second-order valence-electron chi connectivity index (χ2n) is 2.72. The molecule has 0 fully saturated rings. The molecule has 0 aromatic heterocycles. The van der Waals surface area contributed by atoms with E-state index in [2.05, 4.69) is 11.7 Å². The Morgan fingerprint density at radius 3 is 2.77 bits per heavy atom. The maximum Gasteiger partial charge on any atom is 0.308 e. The van der Waals surface area contributed by atoms with E-state index in [0.717, 1.165) is 19.3 Å². The topological polar surface area (TPSA) is 59.3 Å². The largest absolute Gasteiger partial charge is 0.425 e. The minimum Gasteiger partial charge on any atom is -0.425 e. The number of carbonyl (C=O) groups excluding carboxylic acids is 1. The van der Waals surface area contributed by atoms with Crippen LogP contribution in [0.3, 0.4) is 0 Å². The van der Waals surface area contributed by atoms with Crippen LogP contribution in [0.4, 0.5) is 0 Å². The Hall–Kier alpha value is -1.24. The first-order chi connectivity index (χ1) is 6.20. The molecule has 0 saturated carbocycles. The van der Waals surface area contributed by atoms with Crippen LogP contribution in [0.15, 0.2) is 0 Å². The van der Waals surface area contributed by atoms with E-state index in [4.69, 9.17) is 10.00 Å². The van der Waals surface area contributed by atoms with Crippen LogP contribution < -0.4 is 0 Å². The van der Waals surface area contributed by atoms with Crippen LogP contribution >= 0.6 is 0 Å². The van der Waals surface area contributed by atoms with Crippen LogP contribution in [0, 0.1) is 11.5 Å². The Labute approximate surface area is 78.4 Å². The zero-order valence-corrected chi connectivity index (χ0v) is 8.08. The van der Waals surface area contributed by atoms with Crippen molar-refractivity contribution in [3.8, 4) is 6.26 Å². The highest BCUT2D eigenvalue weighted by Gasteiger charge is 2.08. The molecule has 0 aliphatic heterocycles. The van der Waals surface area contributed by atoms with E-state index in [9.17, 15) is 4.79 Å². The Morgan fingerprint density at radius 1 is 1.54 bits per heavy atom. The van der Waals surface area contributed by atoms with Gasteiger partial charge in [-0.1, -0.05) is 19.8 Å². The van der Waals surface area contributed by atoms with Crippen molar-refractivity contribution >= 4 is 5.97 Å². The Bertz CT molecular complexity index is 186. The van der Waals surface area contributed by atoms with E-state index in [1.54, 1.807) is 0 Å².